The Hall–Kier alpha value is -2.51. The Labute approximate surface area is 107 Å². The van der Waals surface area contributed by atoms with Crippen molar-refractivity contribution in [3.8, 4) is 0 Å². The van der Waals surface area contributed by atoms with Crippen LogP contribution in [-0.4, -0.2) is 44.8 Å². The average molecular weight is 266 g/mol. The quantitative estimate of drug-likeness (QED) is 0.554. The largest absolute Gasteiger partial charge is 0.480 e. The van der Waals surface area contributed by atoms with Crippen LogP contribution in [0.4, 0.5) is 5.95 Å². The van der Waals surface area contributed by atoms with Gasteiger partial charge in [0, 0.05) is 6.92 Å². The van der Waals surface area contributed by atoms with Gasteiger partial charge in [0.05, 0.1) is 7.11 Å². The lowest BCUT2D eigenvalue weighted by Gasteiger charge is -2.17. The van der Waals surface area contributed by atoms with E-state index in [1.54, 1.807) is 5.94 Å². The Morgan fingerprint density at radius 2 is 2.32 bits per heavy atom. The van der Waals surface area contributed by atoms with Gasteiger partial charge in [0.15, 0.2) is 18.7 Å². The number of aromatic nitrogens is 3. The Bertz CT molecular complexity index is 599. The van der Waals surface area contributed by atoms with Crippen LogP contribution in [0.3, 0.4) is 0 Å². The number of carbonyl (C=O) groups excluding carboxylic acids is 2. The number of ether oxygens (including phenoxy) is 2. The minimum absolute atomic E-state index is 0.0468. The summed E-state index contributed by atoms with van der Waals surface area (Å²) in [6, 6.07) is 0. The van der Waals surface area contributed by atoms with Crippen molar-refractivity contribution in [1.82, 2.24) is 14.8 Å². The number of carbonyl (C=O) groups is 1. The van der Waals surface area contributed by atoms with Gasteiger partial charge in [-0.05, 0) is 0 Å². The fourth-order valence-corrected chi connectivity index (χ4v) is 1.46. The standard InChI is InChI=1S/C10H10N4O5/c1-5(16)19-4-7-11-10-12-8(18-2)6(3-15)9(17)14(10)13-7/h9,17H,4H2,1-2H3. The number of aliphatic hydroxyl groups excluding tert-OH is 1. The number of methoxy groups -OCH3 is 1. The van der Waals surface area contributed by atoms with Crippen LogP contribution in [0.5, 0.6) is 0 Å². The third-order valence-electron chi connectivity index (χ3n) is 2.29. The smallest absolute Gasteiger partial charge is 0.303 e. The molecule has 1 aliphatic heterocycles. The SMILES string of the molecule is COC1=Nc2nc(COC(C)=O)nn2C(O)C1=C=O. The zero-order chi connectivity index (χ0) is 14.0. The molecule has 0 radical (unpaired) electrons. The van der Waals surface area contributed by atoms with Gasteiger partial charge in [-0.15, -0.1) is 5.10 Å². The molecule has 100 valence electrons. The Kier molecular flexibility index (Phi) is 3.41. The maximum Gasteiger partial charge on any atom is 0.303 e. The molecule has 1 aromatic heterocycles. The molecule has 9 nitrogen and oxygen atoms in total. The molecule has 0 bridgehead atoms. The fraction of sp³-hybridized carbons (Fsp3) is 0.400. The predicted molar refractivity (Wildman–Crippen MR) is 60.1 cm³/mol. The average Bonchev–Trinajstić information content (AvgIpc) is 2.79. The second kappa shape index (κ2) is 5.01. The van der Waals surface area contributed by atoms with Gasteiger partial charge in [-0.1, -0.05) is 0 Å². The lowest BCUT2D eigenvalue weighted by atomic mass is 10.2. The third kappa shape index (κ3) is 2.37. The maximum atomic E-state index is 10.8. The van der Waals surface area contributed by atoms with Crippen LogP contribution >= 0.6 is 0 Å². The van der Waals surface area contributed by atoms with Crippen LogP contribution in [0.1, 0.15) is 19.0 Å². The minimum Gasteiger partial charge on any atom is -0.480 e. The van der Waals surface area contributed by atoms with Crippen molar-refractivity contribution in [2.75, 3.05) is 7.11 Å². The van der Waals surface area contributed by atoms with E-state index in [9.17, 15) is 14.7 Å². The van der Waals surface area contributed by atoms with E-state index < -0.39 is 12.2 Å². The number of aliphatic imine (C=N–C) groups is 1. The highest BCUT2D eigenvalue weighted by Gasteiger charge is 2.30. The predicted octanol–water partition coefficient (Wildman–Crippen LogP) is -0.720. The number of esters is 1. The number of fused-ring (bicyclic) bond motifs is 1. The highest BCUT2D eigenvalue weighted by atomic mass is 16.5. The summed E-state index contributed by atoms with van der Waals surface area (Å²) in [5, 5.41) is 13.8. The molecule has 1 aromatic rings. The molecule has 2 rings (SSSR count). The Morgan fingerprint density at radius 1 is 1.58 bits per heavy atom. The van der Waals surface area contributed by atoms with E-state index in [2.05, 4.69) is 15.1 Å². The molecule has 0 saturated heterocycles. The summed E-state index contributed by atoms with van der Waals surface area (Å²) in [6.07, 6.45) is -1.39. The normalized spacial score (nSPS) is 17.3. The second-order valence-electron chi connectivity index (χ2n) is 3.56. The number of rotatable bonds is 2. The number of nitrogens with zero attached hydrogens (tertiary/aromatic N) is 4. The summed E-state index contributed by atoms with van der Waals surface area (Å²) in [5.74, 6) is 1.17. The fourth-order valence-electron chi connectivity index (χ4n) is 1.46. The molecule has 1 atom stereocenters. The zero-order valence-corrected chi connectivity index (χ0v) is 10.2. The molecule has 2 heterocycles. The first kappa shape index (κ1) is 12.9. The van der Waals surface area contributed by atoms with Crippen molar-refractivity contribution < 1.29 is 24.2 Å². The van der Waals surface area contributed by atoms with Crippen molar-refractivity contribution in [2.45, 2.75) is 19.8 Å². The molecule has 0 aliphatic carbocycles. The molecule has 9 heteroatoms. The lowest BCUT2D eigenvalue weighted by Crippen LogP contribution is -2.24. The summed E-state index contributed by atoms with van der Waals surface area (Å²) in [5.41, 5.74) is -0.182. The van der Waals surface area contributed by atoms with Crippen LogP contribution in [0, 0.1) is 0 Å². The molecular formula is C10H10N4O5. The van der Waals surface area contributed by atoms with E-state index >= 15 is 0 Å². The number of aliphatic hydroxyl groups is 1. The van der Waals surface area contributed by atoms with E-state index in [-0.39, 0.29) is 29.9 Å². The monoisotopic (exact) mass is 266 g/mol. The minimum atomic E-state index is -1.39. The van der Waals surface area contributed by atoms with Crippen LogP contribution < -0.4 is 0 Å². The summed E-state index contributed by atoms with van der Waals surface area (Å²) in [6.45, 7) is 1.10. The van der Waals surface area contributed by atoms with Crippen molar-refractivity contribution in [3.05, 3.63) is 11.4 Å². The first-order valence-electron chi connectivity index (χ1n) is 5.21. The van der Waals surface area contributed by atoms with Gasteiger partial charge < -0.3 is 14.6 Å². The van der Waals surface area contributed by atoms with Crippen molar-refractivity contribution in [3.63, 3.8) is 0 Å². The Balaban J connectivity index is 2.35. The molecule has 1 aliphatic rings. The second-order valence-corrected chi connectivity index (χ2v) is 3.56. The van der Waals surface area contributed by atoms with Gasteiger partial charge in [-0.2, -0.15) is 14.7 Å². The van der Waals surface area contributed by atoms with E-state index in [4.69, 9.17) is 9.47 Å². The van der Waals surface area contributed by atoms with E-state index in [0.717, 1.165) is 4.68 Å². The van der Waals surface area contributed by atoms with Crippen LogP contribution in [0.25, 0.3) is 0 Å². The highest BCUT2D eigenvalue weighted by molar-refractivity contribution is 6.03. The van der Waals surface area contributed by atoms with Gasteiger partial charge in [-0.3, -0.25) is 4.79 Å². The molecular weight excluding hydrogens is 256 g/mol. The van der Waals surface area contributed by atoms with E-state index in [1.165, 1.54) is 14.0 Å². The van der Waals surface area contributed by atoms with Gasteiger partial charge in [0.25, 0.3) is 5.95 Å². The summed E-state index contributed by atoms with van der Waals surface area (Å²) in [7, 11) is 1.30. The highest BCUT2D eigenvalue weighted by Crippen LogP contribution is 2.26. The summed E-state index contributed by atoms with van der Waals surface area (Å²) in [4.78, 5) is 29.3. The number of hydrogen-bond donors (Lipinski definition) is 1. The molecule has 0 saturated carbocycles. The first-order chi connectivity index (χ1) is 9.06. The first-order valence-corrected chi connectivity index (χ1v) is 5.21. The molecule has 0 aromatic carbocycles. The lowest BCUT2D eigenvalue weighted by molar-refractivity contribution is -0.142. The number of hydrogen-bond acceptors (Lipinski definition) is 8. The zero-order valence-electron chi connectivity index (χ0n) is 10.2. The summed E-state index contributed by atoms with van der Waals surface area (Å²) < 4.78 is 10.6. The van der Waals surface area contributed by atoms with Crippen LogP contribution in [0.15, 0.2) is 10.6 Å². The molecule has 1 unspecified atom stereocenters. The van der Waals surface area contributed by atoms with Gasteiger partial charge in [0.1, 0.15) is 11.5 Å². The maximum absolute atomic E-state index is 10.8. The molecule has 1 N–H and O–H groups in total. The summed E-state index contributed by atoms with van der Waals surface area (Å²) >= 11 is 0. The van der Waals surface area contributed by atoms with Crippen LogP contribution in [-0.2, 0) is 25.7 Å². The topological polar surface area (TPSA) is 116 Å². The van der Waals surface area contributed by atoms with Crippen molar-refractivity contribution in [1.29, 1.82) is 0 Å². The Morgan fingerprint density at radius 3 is 2.89 bits per heavy atom. The third-order valence-corrected chi connectivity index (χ3v) is 2.29. The molecule has 0 fully saturated rings. The van der Waals surface area contributed by atoms with Gasteiger partial charge >= 0.3 is 5.97 Å². The van der Waals surface area contributed by atoms with E-state index in [1.807, 2.05) is 0 Å². The van der Waals surface area contributed by atoms with Crippen LogP contribution in [0.2, 0.25) is 0 Å². The van der Waals surface area contributed by atoms with Crippen molar-refractivity contribution in [2.24, 2.45) is 4.99 Å². The molecule has 0 amide bonds. The van der Waals surface area contributed by atoms with E-state index in [0.29, 0.717) is 0 Å². The molecule has 0 spiro atoms. The van der Waals surface area contributed by atoms with Gasteiger partial charge in [-0.25, -0.2) is 4.79 Å². The van der Waals surface area contributed by atoms with Gasteiger partial charge in [0.2, 0.25) is 5.90 Å². The van der Waals surface area contributed by atoms with Crippen molar-refractivity contribution >= 4 is 23.8 Å². The molecule has 19 heavy (non-hydrogen) atoms.